The fraction of sp³-hybridized carbons (Fsp3) is 0.143. The molecule has 32 heavy (non-hydrogen) atoms. The van der Waals surface area contributed by atoms with Gasteiger partial charge in [0.2, 0.25) is 0 Å². The van der Waals surface area contributed by atoms with Crippen LogP contribution in [0.2, 0.25) is 0 Å². The maximum absolute atomic E-state index is 13.4. The first kappa shape index (κ1) is 21.4. The van der Waals surface area contributed by atoms with E-state index in [-0.39, 0.29) is 33.6 Å². The third kappa shape index (κ3) is 3.89. The quantitative estimate of drug-likeness (QED) is 0.428. The van der Waals surface area contributed by atoms with Gasteiger partial charge in [0.15, 0.2) is 5.78 Å². The summed E-state index contributed by atoms with van der Waals surface area (Å²) in [6.45, 7) is 3.88. The summed E-state index contributed by atoms with van der Waals surface area (Å²) in [5.41, 5.74) is 7.01. The molecular weight excluding hydrogens is 435 g/mol. The molecule has 0 amide bonds. The van der Waals surface area contributed by atoms with Crippen LogP contribution in [0.15, 0.2) is 60.1 Å². The molecule has 0 saturated carbocycles. The Hall–Kier alpha value is -3.86. The van der Waals surface area contributed by atoms with Gasteiger partial charge in [-0.3, -0.25) is 14.5 Å². The molecule has 1 aromatic carbocycles. The van der Waals surface area contributed by atoms with E-state index in [0.29, 0.717) is 11.0 Å². The van der Waals surface area contributed by atoms with Crippen molar-refractivity contribution in [3.8, 4) is 0 Å². The van der Waals surface area contributed by atoms with Gasteiger partial charge < -0.3 is 10.3 Å². The van der Waals surface area contributed by atoms with Crippen LogP contribution in [0.25, 0.3) is 11.0 Å². The number of sulfonamides is 1. The second-order valence-corrected chi connectivity index (χ2v) is 9.04. The molecule has 4 aromatic rings. The zero-order valence-electron chi connectivity index (χ0n) is 17.2. The number of carbonyl (C=O) groups excluding carboxylic acids is 1. The van der Waals surface area contributed by atoms with Crippen molar-refractivity contribution in [1.29, 1.82) is 0 Å². The molecule has 3 heterocycles. The Bertz CT molecular complexity index is 1450. The number of carbonyl (C=O) groups is 1. The normalized spacial score (nSPS) is 11.8. The van der Waals surface area contributed by atoms with Gasteiger partial charge in [0, 0.05) is 24.0 Å². The van der Waals surface area contributed by atoms with Crippen LogP contribution >= 0.6 is 0 Å². The number of nitrogen functional groups attached to an aromatic ring is 1. The predicted molar refractivity (Wildman–Crippen MR) is 117 cm³/mol. The average molecular weight is 454 g/mol. The van der Waals surface area contributed by atoms with Crippen molar-refractivity contribution in [2.45, 2.75) is 24.8 Å². The fourth-order valence-electron chi connectivity index (χ4n) is 3.30. The Morgan fingerprint density at radius 3 is 2.69 bits per heavy atom. The van der Waals surface area contributed by atoms with Crippen molar-refractivity contribution in [2.75, 3.05) is 10.5 Å². The van der Waals surface area contributed by atoms with Gasteiger partial charge in [0.1, 0.15) is 23.6 Å². The number of nitrogens with zero attached hydrogens (tertiary/aromatic N) is 4. The van der Waals surface area contributed by atoms with Crippen molar-refractivity contribution >= 4 is 38.3 Å². The standard InChI is InChI=1S/C21H19FN6O3S/c1-12(2)28-10-17(18-20(23)25-11-26-21(18)28)19(29)13-6-15(9-24-8-13)27-32(30,31)16-5-3-4-14(22)7-16/h3-12,27H,1-2H3,(H2,23,25,26). The highest BCUT2D eigenvalue weighted by atomic mass is 32.2. The average Bonchev–Trinajstić information content (AvgIpc) is 3.14. The molecule has 0 radical (unpaired) electrons. The lowest BCUT2D eigenvalue weighted by molar-refractivity contribution is 0.103. The van der Waals surface area contributed by atoms with Gasteiger partial charge in [0.25, 0.3) is 10.0 Å². The van der Waals surface area contributed by atoms with Crippen molar-refractivity contribution in [2.24, 2.45) is 0 Å². The molecule has 0 aliphatic heterocycles. The van der Waals surface area contributed by atoms with Crippen LogP contribution in [-0.4, -0.2) is 33.7 Å². The lowest BCUT2D eigenvalue weighted by atomic mass is 10.1. The zero-order valence-corrected chi connectivity index (χ0v) is 18.0. The van der Waals surface area contributed by atoms with E-state index in [4.69, 9.17) is 5.73 Å². The minimum Gasteiger partial charge on any atom is -0.383 e. The van der Waals surface area contributed by atoms with Crippen LogP contribution in [0, 0.1) is 5.82 Å². The molecule has 164 valence electrons. The topological polar surface area (TPSA) is 133 Å². The summed E-state index contributed by atoms with van der Waals surface area (Å²) in [5, 5.41) is 0.414. The lowest BCUT2D eigenvalue weighted by Gasteiger charge is -2.09. The molecule has 11 heteroatoms. The van der Waals surface area contributed by atoms with E-state index in [0.717, 1.165) is 12.1 Å². The molecule has 9 nitrogen and oxygen atoms in total. The Morgan fingerprint density at radius 2 is 1.97 bits per heavy atom. The molecule has 0 aliphatic rings. The fourth-order valence-corrected chi connectivity index (χ4v) is 4.36. The number of hydrogen-bond acceptors (Lipinski definition) is 7. The first-order valence-electron chi connectivity index (χ1n) is 9.56. The van der Waals surface area contributed by atoms with Crippen LogP contribution in [0.1, 0.15) is 35.8 Å². The monoisotopic (exact) mass is 454 g/mol. The first-order chi connectivity index (χ1) is 15.2. The van der Waals surface area contributed by atoms with Crippen molar-refractivity contribution < 1.29 is 17.6 Å². The lowest BCUT2D eigenvalue weighted by Crippen LogP contribution is -2.14. The first-order valence-corrected chi connectivity index (χ1v) is 11.0. The van der Waals surface area contributed by atoms with Gasteiger partial charge in [0.05, 0.1) is 27.7 Å². The molecular formula is C21H19FN6O3S. The van der Waals surface area contributed by atoms with E-state index in [1.165, 1.54) is 36.9 Å². The largest absolute Gasteiger partial charge is 0.383 e. The molecule has 3 N–H and O–H groups in total. The molecule has 0 aliphatic carbocycles. The van der Waals surface area contributed by atoms with Crippen molar-refractivity contribution in [1.82, 2.24) is 19.5 Å². The van der Waals surface area contributed by atoms with E-state index >= 15 is 0 Å². The molecule has 0 fully saturated rings. The van der Waals surface area contributed by atoms with E-state index < -0.39 is 21.6 Å². The van der Waals surface area contributed by atoms with E-state index in [1.54, 1.807) is 6.20 Å². The van der Waals surface area contributed by atoms with E-state index in [1.807, 2.05) is 18.4 Å². The van der Waals surface area contributed by atoms with Crippen LogP contribution in [0.4, 0.5) is 15.9 Å². The zero-order chi connectivity index (χ0) is 23.0. The van der Waals surface area contributed by atoms with Crippen molar-refractivity contribution in [3.05, 3.63) is 72.2 Å². The van der Waals surface area contributed by atoms with Gasteiger partial charge in [-0.25, -0.2) is 22.8 Å². The Labute approximate surface area is 183 Å². The Balaban J connectivity index is 1.72. The second kappa shape index (κ2) is 8.00. The van der Waals surface area contributed by atoms with Gasteiger partial charge in [-0.2, -0.15) is 0 Å². The smallest absolute Gasteiger partial charge is 0.262 e. The number of fused-ring (bicyclic) bond motifs is 1. The summed E-state index contributed by atoms with van der Waals surface area (Å²) >= 11 is 0. The van der Waals surface area contributed by atoms with Crippen LogP contribution < -0.4 is 10.5 Å². The number of rotatable bonds is 6. The summed E-state index contributed by atoms with van der Waals surface area (Å²) in [6, 6.07) is 5.95. The number of pyridine rings is 1. The molecule has 0 atom stereocenters. The summed E-state index contributed by atoms with van der Waals surface area (Å²) < 4.78 is 42.7. The third-order valence-electron chi connectivity index (χ3n) is 4.80. The number of nitrogens with one attached hydrogen (secondary N) is 1. The molecule has 3 aromatic heterocycles. The predicted octanol–water partition coefficient (Wildman–Crippen LogP) is 3.16. The minimum atomic E-state index is -4.08. The molecule has 0 bridgehead atoms. The number of ketones is 1. The summed E-state index contributed by atoms with van der Waals surface area (Å²) in [5.74, 6) is -0.944. The molecule has 0 spiro atoms. The number of halogens is 1. The number of aromatic nitrogens is 4. The Kier molecular flexibility index (Phi) is 5.35. The van der Waals surface area contributed by atoms with Crippen LogP contribution in [-0.2, 0) is 10.0 Å². The highest BCUT2D eigenvalue weighted by Crippen LogP contribution is 2.29. The third-order valence-corrected chi connectivity index (χ3v) is 6.18. The summed E-state index contributed by atoms with van der Waals surface area (Å²) in [7, 11) is -4.08. The number of nitrogens with two attached hydrogens (primary N) is 1. The van der Waals surface area contributed by atoms with Gasteiger partial charge in [-0.1, -0.05) is 6.07 Å². The molecule has 0 unspecified atom stereocenters. The SMILES string of the molecule is CC(C)n1cc(C(=O)c2cncc(NS(=O)(=O)c3cccc(F)c3)c2)c2c(N)ncnc21. The van der Waals surface area contributed by atoms with Crippen molar-refractivity contribution in [3.63, 3.8) is 0 Å². The van der Waals surface area contributed by atoms with E-state index in [9.17, 15) is 17.6 Å². The minimum absolute atomic E-state index is 0.0101. The summed E-state index contributed by atoms with van der Waals surface area (Å²) in [4.78, 5) is 25.3. The maximum atomic E-state index is 13.4. The maximum Gasteiger partial charge on any atom is 0.262 e. The Morgan fingerprint density at radius 1 is 1.19 bits per heavy atom. The number of anilines is 2. The van der Waals surface area contributed by atoms with E-state index in [2.05, 4.69) is 19.7 Å². The second-order valence-electron chi connectivity index (χ2n) is 7.36. The number of benzene rings is 1. The highest BCUT2D eigenvalue weighted by Gasteiger charge is 2.22. The van der Waals surface area contributed by atoms with Crippen LogP contribution in [0.5, 0.6) is 0 Å². The van der Waals surface area contributed by atoms with Crippen LogP contribution in [0.3, 0.4) is 0 Å². The highest BCUT2D eigenvalue weighted by molar-refractivity contribution is 7.92. The van der Waals surface area contributed by atoms with Gasteiger partial charge in [-0.05, 0) is 38.1 Å². The van der Waals surface area contributed by atoms with Gasteiger partial charge >= 0.3 is 0 Å². The number of hydrogen-bond donors (Lipinski definition) is 2. The summed E-state index contributed by atoms with van der Waals surface area (Å²) in [6.07, 6.45) is 5.55. The molecule has 0 saturated heterocycles. The molecule has 4 rings (SSSR count). The van der Waals surface area contributed by atoms with Gasteiger partial charge in [-0.15, -0.1) is 0 Å².